The number of phenols is 1. The number of amides is 2. The molecular formula is C14H18N2O6. The van der Waals surface area contributed by atoms with Crippen LogP contribution in [0.5, 0.6) is 11.5 Å². The zero-order valence-electron chi connectivity index (χ0n) is 12.3. The van der Waals surface area contributed by atoms with Crippen LogP contribution >= 0.6 is 0 Å². The molecule has 120 valence electrons. The van der Waals surface area contributed by atoms with Gasteiger partial charge in [-0.05, 0) is 19.1 Å². The fraction of sp³-hybridized carbons (Fsp3) is 0.357. The van der Waals surface area contributed by atoms with Gasteiger partial charge in [-0.1, -0.05) is 0 Å². The van der Waals surface area contributed by atoms with Crippen LogP contribution in [-0.2, 0) is 14.4 Å². The standard InChI is InChI=1S/C14H18N2O6/c1-3-22-9-4-5-10(12(18)6-9)16-13(19)7-11(14(20)21)15-8(2)17/h4-6,11,18H,3,7H2,1-2H3,(H,15,17)(H,16,19)(H,20,21)/t11-/m1/s1. The van der Waals surface area contributed by atoms with E-state index in [0.29, 0.717) is 12.4 Å². The number of phenolic OH excluding ortho intramolecular Hbond substituents is 1. The van der Waals surface area contributed by atoms with Crippen molar-refractivity contribution in [2.75, 3.05) is 11.9 Å². The van der Waals surface area contributed by atoms with Crippen LogP contribution < -0.4 is 15.4 Å². The van der Waals surface area contributed by atoms with E-state index in [1.807, 2.05) is 0 Å². The molecule has 4 N–H and O–H groups in total. The zero-order chi connectivity index (χ0) is 16.7. The van der Waals surface area contributed by atoms with Crippen LogP contribution in [0.1, 0.15) is 20.3 Å². The van der Waals surface area contributed by atoms with Crippen molar-refractivity contribution in [3.63, 3.8) is 0 Å². The Morgan fingerprint density at radius 3 is 2.50 bits per heavy atom. The third-order valence-electron chi connectivity index (χ3n) is 2.62. The summed E-state index contributed by atoms with van der Waals surface area (Å²) in [6, 6.07) is 3.00. The van der Waals surface area contributed by atoms with Crippen molar-refractivity contribution < 1.29 is 29.3 Å². The monoisotopic (exact) mass is 310 g/mol. The fourth-order valence-electron chi connectivity index (χ4n) is 1.71. The fourth-order valence-corrected chi connectivity index (χ4v) is 1.71. The lowest BCUT2D eigenvalue weighted by atomic mass is 10.2. The van der Waals surface area contributed by atoms with E-state index < -0.39 is 30.2 Å². The first-order valence-electron chi connectivity index (χ1n) is 6.59. The van der Waals surface area contributed by atoms with E-state index >= 15 is 0 Å². The van der Waals surface area contributed by atoms with Gasteiger partial charge in [0, 0.05) is 13.0 Å². The predicted octanol–water partition coefficient (Wildman–Crippen LogP) is 0.709. The van der Waals surface area contributed by atoms with Gasteiger partial charge < -0.3 is 25.6 Å². The highest BCUT2D eigenvalue weighted by molar-refractivity contribution is 5.96. The largest absolute Gasteiger partial charge is 0.506 e. The van der Waals surface area contributed by atoms with Crippen molar-refractivity contribution in [1.29, 1.82) is 0 Å². The number of benzene rings is 1. The van der Waals surface area contributed by atoms with Crippen molar-refractivity contribution >= 4 is 23.5 Å². The summed E-state index contributed by atoms with van der Waals surface area (Å²) in [6.07, 6.45) is -0.457. The number of rotatable bonds is 7. The lowest BCUT2D eigenvalue weighted by Gasteiger charge is -2.14. The van der Waals surface area contributed by atoms with Crippen LogP contribution in [0.4, 0.5) is 5.69 Å². The summed E-state index contributed by atoms with van der Waals surface area (Å²) in [5.74, 6) is -2.28. The lowest BCUT2D eigenvalue weighted by Crippen LogP contribution is -2.42. The molecule has 8 heteroatoms. The molecule has 1 aromatic rings. The molecule has 0 unspecified atom stereocenters. The Balaban J connectivity index is 2.71. The molecule has 0 spiro atoms. The SMILES string of the molecule is CCOc1ccc(NC(=O)C[C@@H](NC(C)=O)C(=O)O)c(O)c1. The summed E-state index contributed by atoms with van der Waals surface area (Å²) >= 11 is 0. The third kappa shape index (κ3) is 5.31. The topological polar surface area (TPSA) is 125 Å². The van der Waals surface area contributed by atoms with Crippen LogP contribution in [0.3, 0.4) is 0 Å². The van der Waals surface area contributed by atoms with Gasteiger partial charge >= 0.3 is 5.97 Å². The van der Waals surface area contributed by atoms with Crippen molar-refractivity contribution in [2.24, 2.45) is 0 Å². The van der Waals surface area contributed by atoms with E-state index in [0.717, 1.165) is 6.92 Å². The summed E-state index contributed by atoms with van der Waals surface area (Å²) in [5, 5.41) is 23.2. The summed E-state index contributed by atoms with van der Waals surface area (Å²) in [4.78, 5) is 33.6. The minimum Gasteiger partial charge on any atom is -0.506 e. The van der Waals surface area contributed by atoms with Crippen molar-refractivity contribution in [3.8, 4) is 11.5 Å². The van der Waals surface area contributed by atoms with Crippen LogP contribution in [0.2, 0.25) is 0 Å². The minimum atomic E-state index is -1.33. The van der Waals surface area contributed by atoms with Crippen molar-refractivity contribution in [3.05, 3.63) is 18.2 Å². The predicted molar refractivity (Wildman–Crippen MR) is 77.8 cm³/mol. The number of carbonyl (C=O) groups is 3. The molecule has 0 aromatic heterocycles. The second-order valence-electron chi connectivity index (χ2n) is 4.46. The molecule has 0 fully saturated rings. The van der Waals surface area contributed by atoms with E-state index in [4.69, 9.17) is 9.84 Å². The lowest BCUT2D eigenvalue weighted by molar-refractivity contribution is -0.142. The molecule has 0 saturated carbocycles. The number of ether oxygens (including phenoxy) is 1. The molecule has 1 rings (SSSR count). The zero-order valence-corrected chi connectivity index (χ0v) is 12.3. The van der Waals surface area contributed by atoms with Crippen molar-refractivity contribution in [1.82, 2.24) is 5.32 Å². The highest BCUT2D eigenvalue weighted by Gasteiger charge is 2.22. The van der Waals surface area contributed by atoms with E-state index in [1.54, 1.807) is 13.0 Å². The van der Waals surface area contributed by atoms with E-state index in [2.05, 4.69) is 10.6 Å². The number of anilines is 1. The van der Waals surface area contributed by atoms with Gasteiger partial charge in [0.1, 0.15) is 17.5 Å². The van der Waals surface area contributed by atoms with Gasteiger partial charge in [0.15, 0.2) is 0 Å². The number of nitrogens with one attached hydrogen (secondary N) is 2. The van der Waals surface area contributed by atoms with Gasteiger partial charge in [-0.2, -0.15) is 0 Å². The molecule has 0 aliphatic heterocycles. The molecule has 0 bridgehead atoms. The van der Waals surface area contributed by atoms with E-state index in [1.165, 1.54) is 12.1 Å². The first-order chi connectivity index (χ1) is 10.3. The van der Waals surface area contributed by atoms with Crippen LogP contribution in [-0.4, -0.2) is 40.6 Å². The number of carboxylic acids is 1. The molecular weight excluding hydrogens is 292 g/mol. The van der Waals surface area contributed by atoms with Gasteiger partial charge in [-0.25, -0.2) is 4.79 Å². The average Bonchev–Trinajstić information content (AvgIpc) is 2.41. The van der Waals surface area contributed by atoms with Crippen molar-refractivity contribution in [2.45, 2.75) is 26.3 Å². The van der Waals surface area contributed by atoms with Gasteiger partial charge in [0.25, 0.3) is 0 Å². The Morgan fingerprint density at radius 1 is 1.32 bits per heavy atom. The number of aliphatic carboxylic acids is 1. The highest BCUT2D eigenvalue weighted by atomic mass is 16.5. The number of hydrogen-bond acceptors (Lipinski definition) is 5. The van der Waals surface area contributed by atoms with Crippen LogP contribution in [0.15, 0.2) is 18.2 Å². The van der Waals surface area contributed by atoms with Crippen LogP contribution in [0.25, 0.3) is 0 Å². The Morgan fingerprint density at radius 2 is 2.00 bits per heavy atom. The number of carboxylic acid groups (broad SMARTS) is 1. The van der Waals surface area contributed by atoms with Gasteiger partial charge in [-0.3, -0.25) is 9.59 Å². The normalized spacial score (nSPS) is 11.4. The maximum atomic E-state index is 11.8. The Hall–Kier alpha value is -2.77. The Bertz CT molecular complexity index is 572. The molecule has 0 saturated heterocycles. The highest BCUT2D eigenvalue weighted by Crippen LogP contribution is 2.28. The molecule has 0 radical (unpaired) electrons. The molecule has 0 aliphatic carbocycles. The molecule has 0 heterocycles. The smallest absolute Gasteiger partial charge is 0.326 e. The summed E-state index contributed by atoms with van der Waals surface area (Å²) < 4.78 is 5.19. The molecule has 0 aliphatic rings. The van der Waals surface area contributed by atoms with E-state index in [9.17, 15) is 19.5 Å². The number of hydrogen-bond donors (Lipinski definition) is 4. The maximum absolute atomic E-state index is 11.8. The third-order valence-corrected chi connectivity index (χ3v) is 2.62. The quantitative estimate of drug-likeness (QED) is 0.550. The molecule has 1 aromatic carbocycles. The molecule has 8 nitrogen and oxygen atoms in total. The minimum absolute atomic E-state index is 0.125. The van der Waals surface area contributed by atoms with E-state index in [-0.39, 0.29) is 11.4 Å². The van der Waals surface area contributed by atoms with Gasteiger partial charge in [-0.15, -0.1) is 0 Å². The number of carbonyl (C=O) groups excluding carboxylic acids is 2. The van der Waals surface area contributed by atoms with Gasteiger partial charge in [0.2, 0.25) is 11.8 Å². The van der Waals surface area contributed by atoms with Crippen LogP contribution in [0, 0.1) is 0 Å². The Labute approximate surface area is 127 Å². The average molecular weight is 310 g/mol. The number of aromatic hydroxyl groups is 1. The summed E-state index contributed by atoms with van der Waals surface area (Å²) in [7, 11) is 0. The summed E-state index contributed by atoms with van der Waals surface area (Å²) in [6.45, 7) is 3.38. The molecule has 22 heavy (non-hydrogen) atoms. The Kier molecular flexibility index (Phi) is 6.18. The molecule has 1 atom stereocenters. The maximum Gasteiger partial charge on any atom is 0.326 e. The second-order valence-corrected chi connectivity index (χ2v) is 4.46. The second kappa shape index (κ2) is 7.87. The molecule has 2 amide bonds. The summed E-state index contributed by atoms with van der Waals surface area (Å²) in [5.41, 5.74) is 0.125. The van der Waals surface area contributed by atoms with Gasteiger partial charge in [0.05, 0.1) is 18.7 Å². The first-order valence-corrected chi connectivity index (χ1v) is 6.59. The first kappa shape index (κ1) is 17.3.